The van der Waals surface area contributed by atoms with Gasteiger partial charge in [-0.2, -0.15) is 0 Å². The molecule has 0 aromatic heterocycles. The summed E-state index contributed by atoms with van der Waals surface area (Å²) >= 11 is 0. The number of allylic oxidation sites excluding steroid dienone is 1. The predicted octanol–water partition coefficient (Wildman–Crippen LogP) is 2.62. The zero-order chi connectivity index (χ0) is 13.4. The third-order valence-electron chi connectivity index (χ3n) is 2.87. The molecular formula is C14H22O4. The Labute approximate surface area is 108 Å². The van der Waals surface area contributed by atoms with Crippen LogP contribution in [0.3, 0.4) is 0 Å². The van der Waals surface area contributed by atoms with Crippen molar-refractivity contribution in [3.05, 3.63) is 11.6 Å². The molecule has 0 aromatic carbocycles. The minimum absolute atomic E-state index is 0.0709. The maximum atomic E-state index is 11.8. The average Bonchev–Trinajstić information content (AvgIpc) is 2.31. The summed E-state index contributed by atoms with van der Waals surface area (Å²) in [6, 6.07) is 0. The van der Waals surface area contributed by atoms with Crippen LogP contribution >= 0.6 is 0 Å². The highest BCUT2D eigenvalue weighted by Crippen LogP contribution is 2.29. The zero-order valence-corrected chi connectivity index (χ0v) is 11.2. The molecule has 1 aliphatic rings. The lowest BCUT2D eigenvalue weighted by atomic mass is 9.84. The molecule has 0 amide bonds. The van der Waals surface area contributed by atoms with Gasteiger partial charge in [0.1, 0.15) is 5.57 Å². The van der Waals surface area contributed by atoms with E-state index in [-0.39, 0.29) is 5.57 Å². The van der Waals surface area contributed by atoms with Gasteiger partial charge in [0.2, 0.25) is 0 Å². The van der Waals surface area contributed by atoms with Crippen LogP contribution in [0, 0.1) is 5.92 Å². The minimum atomic E-state index is -0.551. The topological polar surface area (TPSA) is 52.6 Å². The van der Waals surface area contributed by atoms with Crippen molar-refractivity contribution in [2.75, 3.05) is 13.2 Å². The molecular weight excluding hydrogens is 232 g/mol. The van der Waals surface area contributed by atoms with E-state index in [1.165, 1.54) is 0 Å². The average molecular weight is 254 g/mol. The number of hydrogen-bond donors (Lipinski definition) is 0. The van der Waals surface area contributed by atoms with E-state index in [0.717, 1.165) is 32.1 Å². The van der Waals surface area contributed by atoms with Crippen LogP contribution in [0.4, 0.5) is 0 Å². The van der Waals surface area contributed by atoms with Gasteiger partial charge < -0.3 is 9.47 Å². The fourth-order valence-electron chi connectivity index (χ4n) is 1.61. The fourth-order valence-corrected chi connectivity index (χ4v) is 1.61. The van der Waals surface area contributed by atoms with Crippen molar-refractivity contribution in [3.63, 3.8) is 0 Å². The third kappa shape index (κ3) is 4.51. The Kier molecular flexibility index (Phi) is 6.47. The number of carbonyl (C=O) groups is 2. The molecule has 0 bridgehead atoms. The molecule has 0 heterocycles. The van der Waals surface area contributed by atoms with Crippen molar-refractivity contribution in [1.82, 2.24) is 0 Å². The van der Waals surface area contributed by atoms with Crippen LogP contribution in [0.1, 0.15) is 46.0 Å². The van der Waals surface area contributed by atoms with Gasteiger partial charge in [0, 0.05) is 0 Å². The van der Waals surface area contributed by atoms with Crippen LogP contribution in [0.25, 0.3) is 0 Å². The molecule has 0 radical (unpaired) electrons. The van der Waals surface area contributed by atoms with Gasteiger partial charge in [0.15, 0.2) is 0 Å². The lowest BCUT2D eigenvalue weighted by Gasteiger charge is -2.22. The van der Waals surface area contributed by atoms with Gasteiger partial charge in [0.05, 0.1) is 13.2 Å². The lowest BCUT2D eigenvalue weighted by Crippen LogP contribution is -2.21. The van der Waals surface area contributed by atoms with Crippen LogP contribution < -0.4 is 0 Å². The van der Waals surface area contributed by atoms with Crippen molar-refractivity contribution in [2.24, 2.45) is 5.92 Å². The first-order chi connectivity index (χ1) is 8.69. The van der Waals surface area contributed by atoms with Crippen molar-refractivity contribution in [3.8, 4) is 0 Å². The van der Waals surface area contributed by atoms with E-state index in [4.69, 9.17) is 9.47 Å². The maximum Gasteiger partial charge on any atom is 0.345 e. The van der Waals surface area contributed by atoms with E-state index in [1.54, 1.807) is 6.08 Å². The number of ether oxygens (including phenoxy) is 2. The summed E-state index contributed by atoms with van der Waals surface area (Å²) < 4.78 is 10.0. The van der Waals surface area contributed by atoms with Crippen molar-refractivity contribution in [1.29, 1.82) is 0 Å². The Balaban J connectivity index is 2.64. The molecule has 18 heavy (non-hydrogen) atoms. The van der Waals surface area contributed by atoms with Gasteiger partial charge in [-0.3, -0.25) is 0 Å². The van der Waals surface area contributed by atoms with E-state index < -0.39 is 11.9 Å². The summed E-state index contributed by atoms with van der Waals surface area (Å²) in [6.45, 7) is 4.50. The summed E-state index contributed by atoms with van der Waals surface area (Å²) in [5.41, 5.74) is 0.0709. The van der Waals surface area contributed by atoms with Gasteiger partial charge in [-0.1, -0.05) is 26.3 Å². The van der Waals surface area contributed by atoms with E-state index >= 15 is 0 Å². The second kappa shape index (κ2) is 7.90. The second-order valence-corrected chi connectivity index (χ2v) is 4.54. The molecule has 1 saturated carbocycles. The number of rotatable bonds is 7. The standard InChI is InChI=1S/C14H22O4/c1-3-8-17-13(15)12(10-11-6-5-7-11)14(16)18-9-4-2/h10-11H,3-9H2,1-2H3. The van der Waals surface area contributed by atoms with E-state index in [0.29, 0.717) is 19.1 Å². The first-order valence-electron chi connectivity index (χ1n) is 6.75. The van der Waals surface area contributed by atoms with Gasteiger partial charge in [-0.05, 0) is 31.6 Å². The van der Waals surface area contributed by atoms with Crippen LogP contribution in [0.5, 0.6) is 0 Å². The van der Waals surface area contributed by atoms with Crippen LogP contribution in [0.15, 0.2) is 11.6 Å². The SMILES string of the molecule is CCCOC(=O)C(=CC1CCC1)C(=O)OCCC. The Morgan fingerprint density at radius 2 is 1.56 bits per heavy atom. The molecule has 0 unspecified atom stereocenters. The molecule has 0 spiro atoms. The Hall–Kier alpha value is -1.32. The molecule has 0 aromatic rings. The highest BCUT2D eigenvalue weighted by molar-refractivity contribution is 6.14. The van der Waals surface area contributed by atoms with Gasteiger partial charge >= 0.3 is 11.9 Å². The van der Waals surface area contributed by atoms with E-state index in [9.17, 15) is 9.59 Å². The fraction of sp³-hybridized carbons (Fsp3) is 0.714. The molecule has 4 heteroatoms. The minimum Gasteiger partial charge on any atom is -0.462 e. The van der Waals surface area contributed by atoms with Crippen molar-refractivity contribution >= 4 is 11.9 Å². The van der Waals surface area contributed by atoms with Crippen LogP contribution in [-0.2, 0) is 19.1 Å². The third-order valence-corrected chi connectivity index (χ3v) is 2.87. The Morgan fingerprint density at radius 1 is 1.06 bits per heavy atom. The largest absolute Gasteiger partial charge is 0.462 e. The Morgan fingerprint density at radius 3 is 1.89 bits per heavy atom. The van der Waals surface area contributed by atoms with Gasteiger partial charge in [-0.15, -0.1) is 0 Å². The monoisotopic (exact) mass is 254 g/mol. The summed E-state index contributed by atoms with van der Waals surface area (Å²) in [5, 5.41) is 0. The second-order valence-electron chi connectivity index (χ2n) is 4.54. The molecule has 0 saturated heterocycles. The molecule has 0 aliphatic heterocycles. The lowest BCUT2D eigenvalue weighted by molar-refractivity contribution is -0.147. The van der Waals surface area contributed by atoms with Crippen molar-refractivity contribution < 1.29 is 19.1 Å². The summed E-state index contributed by atoms with van der Waals surface area (Å²) in [7, 11) is 0. The molecule has 0 atom stereocenters. The molecule has 102 valence electrons. The molecule has 4 nitrogen and oxygen atoms in total. The number of esters is 2. The summed E-state index contributed by atoms with van der Waals surface area (Å²) in [6.07, 6.45) is 6.43. The van der Waals surface area contributed by atoms with Gasteiger partial charge in [0.25, 0.3) is 0 Å². The van der Waals surface area contributed by atoms with Crippen LogP contribution in [0.2, 0.25) is 0 Å². The zero-order valence-electron chi connectivity index (χ0n) is 11.2. The normalized spacial score (nSPS) is 14.6. The van der Waals surface area contributed by atoms with Gasteiger partial charge in [-0.25, -0.2) is 9.59 Å². The molecule has 1 rings (SSSR count). The predicted molar refractivity (Wildman–Crippen MR) is 67.9 cm³/mol. The first-order valence-corrected chi connectivity index (χ1v) is 6.75. The first kappa shape index (κ1) is 14.7. The Bertz CT molecular complexity index is 294. The maximum absolute atomic E-state index is 11.8. The molecule has 0 N–H and O–H groups in total. The highest BCUT2D eigenvalue weighted by Gasteiger charge is 2.25. The summed E-state index contributed by atoms with van der Waals surface area (Å²) in [4.78, 5) is 23.6. The summed E-state index contributed by atoms with van der Waals surface area (Å²) in [5.74, 6) is -0.780. The van der Waals surface area contributed by atoms with Crippen LogP contribution in [-0.4, -0.2) is 25.2 Å². The van der Waals surface area contributed by atoms with Crippen molar-refractivity contribution in [2.45, 2.75) is 46.0 Å². The number of carbonyl (C=O) groups excluding carboxylic acids is 2. The van der Waals surface area contributed by atoms with E-state index in [2.05, 4.69) is 0 Å². The quantitative estimate of drug-likeness (QED) is 0.303. The molecule has 1 aliphatic carbocycles. The molecule has 1 fully saturated rings. The smallest absolute Gasteiger partial charge is 0.345 e. The highest BCUT2D eigenvalue weighted by atomic mass is 16.6. The number of hydrogen-bond acceptors (Lipinski definition) is 4. The van der Waals surface area contributed by atoms with E-state index in [1.807, 2.05) is 13.8 Å².